The molecule has 2 saturated heterocycles. The average Bonchev–Trinajstić information content (AvgIpc) is 3.36. The number of rotatable bonds is 35. The molecule has 2 heterocycles. The van der Waals surface area contributed by atoms with Gasteiger partial charge in [0, 0.05) is 77.6 Å². The number of Topliss-reactive ketones (excluding diaryl/α,β-unsaturated/α-hetero) is 2. The van der Waals surface area contributed by atoms with Crippen molar-refractivity contribution in [2.24, 2.45) is 41.4 Å². The van der Waals surface area contributed by atoms with Crippen molar-refractivity contribution >= 4 is 41.1 Å². The van der Waals surface area contributed by atoms with Crippen LogP contribution in [0.1, 0.15) is 150 Å². The predicted octanol–water partition coefficient (Wildman–Crippen LogP) is 6.85. The summed E-state index contributed by atoms with van der Waals surface area (Å²) in [4.78, 5) is 93.2. The Bertz CT molecular complexity index is 2350. The third kappa shape index (κ3) is 19.3. The van der Waals surface area contributed by atoms with E-state index in [9.17, 15) is 44.4 Å². The number of carbonyl (C=O) groups excluding carboxylic acids is 6. The molecule has 2 aliphatic rings. The topological polar surface area (TPSA) is 283 Å². The minimum absolute atomic E-state index is 0.0791. The van der Waals surface area contributed by atoms with Crippen LogP contribution in [0.4, 0.5) is 10.5 Å². The number of likely N-dealkylation sites (N-methyl/N-ethyl adjacent to an activating group) is 2. The summed E-state index contributed by atoms with van der Waals surface area (Å²) in [6, 6.07) is 12.2. The molecule has 4 unspecified atom stereocenters. The van der Waals surface area contributed by atoms with Gasteiger partial charge in [0.1, 0.15) is 36.5 Å². The average molecular weight is 1170 g/mol. The molecule has 4 amide bonds. The number of quaternary nitrogens is 1. The molecule has 13 atom stereocenters. The lowest BCUT2D eigenvalue weighted by Gasteiger charge is -2.43. The number of nitrogens with two attached hydrogens (primary N) is 1. The number of carbonyl (C=O) groups is 6. The molecule has 0 radical (unpaired) electrons. The first kappa shape index (κ1) is 70.5. The Morgan fingerprint density at radius 1 is 0.783 bits per heavy atom. The maximum atomic E-state index is 15.0. The summed E-state index contributed by atoms with van der Waals surface area (Å²) in [5, 5.41) is 45.0. The molecule has 0 aliphatic carbocycles. The Labute approximate surface area is 492 Å². The highest BCUT2D eigenvalue weighted by Crippen LogP contribution is 2.36. The fourth-order valence-corrected chi connectivity index (χ4v) is 11.9. The molecule has 0 spiro atoms. The summed E-state index contributed by atoms with van der Waals surface area (Å²) in [7, 11) is 6.17. The summed E-state index contributed by atoms with van der Waals surface area (Å²) < 4.78 is 29.5. The summed E-state index contributed by atoms with van der Waals surface area (Å²) in [6.45, 7) is 15.6. The molecule has 4 rings (SSSR count). The zero-order valence-corrected chi connectivity index (χ0v) is 51.4. The summed E-state index contributed by atoms with van der Waals surface area (Å²) in [5.41, 5.74) is 1.33. The number of anilines is 1. The molecule has 21 heteroatoms. The summed E-state index contributed by atoms with van der Waals surface area (Å²) in [5.74, 6) is 1.13. The van der Waals surface area contributed by atoms with Gasteiger partial charge in [0.2, 0.25) is 24.3 Å². The Hall–Kier alpha value is -4.94. The normalized spacial score (nSPS) is 21.2. The Kier molecular flexibility index (Phi) is 29.1. The first-order valence-corrected chi connectivity index (χ1v) is 29.9. The van der Waals surface area contributed by atoms with Crippen molar-refractivity contribution < 1.29 is 82.2 Å². The zero-order chi connectivity index (χ0) is 61.7. The van der Waals surface area contributed by atoms with Crippen LogP contribution < -0.4 is 16.0 Å². The largest absolute Gasteiger partial charge is 0.462 e. The lowest BCUT2D eigenvalue weighted by Crippen LogP contribution is -2.63. The summed E-state index contributed by atoms with van der Waals surface area (Å²) >= 11 is 0. The van der Waals surface area contributed by atoms with Crippen molar-refractivity contribution in [3.63, 3.8) is 0 Å². The number of benzene rings is 2. The number of ketones is 2. The number of aliphatic hydroxyl groups excluding tert-OH is 4. The third-order valence-electron chi connectivity index (χ3n) is 17.1. The molecule has 7 N–H and O–H groups in total. The molecule has 0 aromatic heterocycles. The minimum atomic E-state index is -1.63. The van der Waals surface area contributed by atoms with Crippen molar-refractivity contribution in [2.45, 2.75) is 194 Å². The molecule has 21 nitrogen and oxygen atoms in total. The highest BCUT2D eigenvalue weighted by molar-refractivity contribution is 5.92. The van der Waals surface area contributed by atoms with Crippen LogP contribution in [-0.4, -0.2) is 174 Å². The van der Waals surface area contributed by atoms with E-state index in [0.717, 1.165) is 44.1 Å². The van der Waals surface area contributed by atoms with E-state index in [2.05, 4.69) is 10.2 Å². The van der Waals surface area contributed by atoms with Crippen LogP contribution in [0.15, 0.2) is 48.5 Å². The van der Waals surface area contributed by atoms with E-state index in [0.29, 0.717) is 38.2 Å². The number of nitrogens with zero attached hydrogens (tertiary/aromatic N) is 3. The SMILES string of the molecule is CC[C@H](C)[C@@H]([C@@H](CC(=O)[N+]1([C@H](OC)[C@@H](C)C(=O)C[C@H](C)[C@@H](O)c2ccccc2)CCCC1)OC)N(C)C(=O)[C@@H](CC(=O)[C@H](C(C)C)N(C)C(=O)OCc1cc(NC(=O)CCCCCCCON)ccc1OC1OCC(O)C(O)C1O)C(C)C. The van der Waals surface area contributed by atoms with Gasteiger partial charge in [-0.15, -0.1) is 0 Å². The molecule has 0 saturated carbocycles. The zero-order valence-electron chi connectivity index (χ0n) is 51.4. The maximum Gasteiger partial charge on any atom is 0.410 e. The standard InChI is InChI=1S/C62H99N5O16/c1-13-40(6)55(51(78-11)35-53(72)67(29-21-22-30-67)60(79-12)42(8)47(68)32-41(7)56(73)43-24-18-17-19-25-43)65(9)59(76)46(38(2)3)34-48(69)54(39(4)5)66(10)62(77)81-36-44-33-45(64-52(71)26-20-15-14-16-23-31-82-63)27-28-50(44)83-61-58(75)57(74)49(70)37-80-61/h17-19,24-25,27-28,33,38-42,46,49,51,54-58,60-61,70,73-75H,13-16,20-23,26,29-32,34-37,63H2,1-12H3/p+1/t40-,41-,42-,46-,49?,51+,54-,55-,56+,57?,58?,60+,61?/m0/s1. The van der Waals surface area contributed by atoms with Gasteiger partial charge in [-0.05, 0) is 67.2 Å². The van der Waals surface area contributed by atoms with Gasteiger partial charge in [0.05, 0.1) is 62.9 Å². The number of likely N-dealkylation sites (tertiary alicyclic amines) is 1. The Morgan fingerprint density at radius 3 is 2.04 bits per heavy atom. The molecule has 468 valence electrons. The van der Waals surface area contributed by atoms with Crippen LogP contribution in [0.25, 0.3) is 0 Å². The number of unbranched alkanes of at least 4 members (excludes halogenated alkanes) is 4. The van der Waals surface area contributed by atoms with E-state index in [1.165, 1.54) is 32.2 Å². The lowest BCUT2D eigenvalue weighted by atomic mass is 9.83. The number of hydrogen-bond donors (Lipinski definition) is 6. The fourth-order valence-electron chi connectivity index (χ4n) is 11.9. The van der Waals surface area contributed by atoms with Gasteiger partial charge < -0.3 is 64.1 Å². The van der Waals surface area contributed by atoms with Crippen LogP contribution in [0, 0.1) is 35.5 Å². The Morgan fingerprint density at radius 2 is 1.43 bits per heavy atom. The summed E-state index contributed by atoms with van der Waals surface area (Å²) in [6.07, 6.45) is -2.93. The van der Waals surface area contributed by atoms with Crippen LogP contribution in [0.2, 0.25) is 0 Å². The highest BCUT2D eigenvalue weighted by Gasteiger charge is 2.52. The van der Waals surface area contributed by atoms with Gasteiger partial charge in [0.25, 0.3) is 0 Å². The smallest absolute Gasteiger partial charge is 0.410 e. The van der Waals surface area contributed by atoms with Gasteiger partial charge in [-0.2, -0.15) is 0 Å². The van der Waals surface area contributed by atoms with E-state index in [1.807, 2.05) is 65.0 Å². The fraction of sp³-hybridized carbons (Fsp3) is 0.710. The van der Waals surface area contributed by atoms with E-state index < -0.39 is 85.6 Å². The molecule has 2 aromatic carbocycles. The molecule has 0 bridgehead atoms. The molecular formula is C62H100N5O16+. The number of hydrogen-bond acceptors (Lipinski definition) is 17. The van der Waals surface area contributed by atoms with Gasteiger partial charge in [-0.1, -0.05) is 104 Å². The van der Waals surface area contributed by atoms with Crippen molar-refractivity contribution in [3.05, 3.63) is 59.7 Å². The first-order chi connectivity index (χ1) is 39.4. The number of methoxy groups -OCH3 is 2. The molecular weight excluding hydrogens is 1070 g/mol. The second-order valence-corrected chi connectivity index (χ2v) is 23.8. The van der Waals surface area contributed by atoms with E-state index in [4.69, 9.17) is 29.6 Å². The van der Waals surface area contributed by atoms with Gasteiger partial charge in [-0.3, -0.25) is 19.2 Å². The molecule has 83 heavy (non-hydrogen) atoms. The number of nitrogens with one attached hydrogen (secondary N) is 1. The number of amides is 4. The van der Waals surface area contributed by atoms with Crippen LogP contribution >= 0.6 is 0 Å². The number of ether oxygens (including phenoxy) is 5. The quantitative estimate of drug-likeness (QED) is 0.0234. The van der Waals surface area contributed by atoms with Gasteiger partial charge >= 0.3 is 12.0 Å². The molecule has 2 aromatic rings. The monoisotopic (exact) mass is 1170 g/mol. The van der Waals surface area contributed by atoms with Crippen molar-refractivity contribution in [2.75, 3.05) is 59.9 Å². The second kappa shape index (κ2) is 34.3. The van der Waals surface area contributed by atoms with Gasteiger partial charge in [0.15, 0.2) is 5.78 Å². The lowest BCUT2D eigenvalue weighted by molar-refractivity contribution is -0.895. The van der Waals surface area contributed by atoms with Crippen molar-refractivity contribution in [1.82, 2.24) is 9.80 Å². The maximum absolute atomic E-state index is 15.0. The van der Waals surface area contributed by atoms with Crippen LogP contribution in [0.5, 0.6) is 5.75 Å². The minimum Gasteiger partial charge on any atom is -0.462 e. The number of aliphatic hydroxyl groups is 4. The van der Waals surface area contributed by atoms with Gasteiger partial charge in [-0.25, -0.2) is 20.0 Å². The Balaban J connectivity index is 1.51. The van der Waals surface area contributed by atoms with E-state index in [1.54, 1.807) is 44.9 Å². The van der Waals surface area contributed by atoms with E-state index in [-0.39, 0.29) is 95.1 Å². The molecule has 2 fully saturated rings. The second-order valence-electron chi connectivity index (χ2n) is 23.8. The van der Waals surface area contributed by atoms with Crippen LogP contribution in [0.3, 0.4) is 0 Å². The van der Waals surface area contributed by atoms with Crippen molar-refractivity contribution in [1.29, 1.82) is 0 Å². The van der Waals surface area contributed by atoms with Crippen LogP contribution in [-0.2, 0) is 54.4 Å². The first-order valence-electron chi connectivity index (χ1n) is 29.9. The molecule has 2 aliphatic heterocycles. The highest BCUT2D eigenvalue weighted by atomic mass is 16.7. The third-order valence-corrected chi connectivity index (χ3v) is 17.1. The van der Waals surface area contributed by atoms with E-state index >= 15 is 4.79 Å². The predicted molar refractivity (Wildman–Crippen MR) is 312 cm³/mol. The van der Waals surface area contributed by atoms with Crippen molar-refractivity contribution in [3.8, 4) is 5.75 Å².